The van der Waals surface area contributed by atoms with Gasteiger partial charge >= 0.3 is 0 Å². The molecule has 0 heterocycles. The first-order valence-corrected chi connectivity index (χ1v) is 7.79. The van der Waals surface area contributed by atoms with Crippen LogP contribution in [0.3, 0.4) is 0 Å². The third kappa shape index (κ3) is 3.94. The summed E-state index contributed by atoms with van der Waals surface area (Å²) in [4.78, 5) is 24.1. The molecule has 1 rings (SSSR count). The SMILES string of the molecule is CC=CC(=CC)C(=O)c1cccc(C(C)C(=O)SC)c1. The minimum absolute atomic E-state index is 0.0174. The maximum Gasteiger partial charge on any atom is 0.195 e. The molecule has 0 N–H and O–H groups in total. The molecule has 0 fully saturated rings. The van der Waals surface area contributed by atoms with Gasteiger partial charge < -0.3 is 0 Å². The van der Waals surface area contributed by atoms with Gasteiger partial charge in [0, 0.05) is 11.1 Å². The summed E-state index contributed by atoms with van der Waals surface area (Å²) in [5.41, 5.74) is 2.16. The standard InChI is InChI=1S/C17H20O2S/c1-5-8-13(6-2)16(18)15-10-7-9-14(11-15)12(3)17(19)20-4/h5-12H,1-4H3. The summed E-state index contributed by atoms with van der Waals surface area (Å²) in [5, 5.41) is 0.106. The number of ketones is 1. The number of carbonyl (C=O) groups is 2. The average molecular weight is 288 g/mol. The fraction of sp³-hybridized carbons (Fsp3) is 0.294. The van der Waals surface area contributed by atoms with Crippen LogP contribution in [0, 0.1) is 0 Å². The summed E-state index contributed by atoms with van der Waals surface area (Å²) in [6, 6.07) is 7.32. The van der Waals surface area contributed by atoms with Crippen LogP contribution >= 0.6 is 11.8 Å². The Morgan fingerprint density at radius 3 is 2.50 bits per heavy atom. The third-order valence-electron chi connectivity index (χ3n) is 3.12. The van der Waals surface area contributed by atoms with Gasteiger partial charge in [0.1, 0.15) is 0 Å². The summed E-state index contributed by atoms with van der Waals surface area (Å²) in [6.07, 6.45) is 7.21. The van der Waals surface area contributed by atoms with Gasteiger partial charge in [-0.25, -0.2) is 0 Å². The normalized spacial score (nSPS) is 13.5. The first kappa shape index (κ1) is 16.4. The summed E-state index contributed by atoms with van der Waals surface area (Å²) in [5.74, 6) is -0.218. The van der Waals surface area contributed by atoms with Gasteiger partial charge in [-0.15, -0.1) is 0 Å². The number of benzene rings is 1. The Labute approximate surface area is 125 Å². The first-order valence-electron chi connectivity index (χ1n) is 6.56. The summed E-state index contributed by atoms with van der Waals surface area (Å²) >= 11 is 1.21. The van der Waals surface area contributed by atoms with Crippen LogP contribution in [-0.2, 0) is 4.79 Å². The van der Waals surface area contributed by atoms with Crippen LogP contribution in [0.5, 0.6) is 0 Å². The van der Waals surface area contributed by atoms with Gasteiger partial charge in [0.15, 0.2) is 10.9 Å². The number of allylic oxidation sites excluding steroid dienone is 4. The molecule has 0 aliphatic rings. The summed E-state index contributed by atoms with van der Waals surface area (Å²) < 4.78 is 0. The molecule has 0 saturated carbocycles. The van der Waals surface area contributed by atoms with Crippen LogP contribution in [-0.4, -0.2) is 17.2 Å². The van der Waals surface area contributed by atoms with E-state index in [1.807, 2.05) is 45.0 Å². The molecule has 0 radical (unpaired) electrons. The van der Waals surface area contributed by atoms with E-state index in [0.29, 0.717) is 11.1 Å². The first-order chi connectivity index (χ1) is 9.54. The van der Waals surface area contributed by atoms with Crippen molar-refractivity contribution in [2.75, 3.05) is 6.26 Å². The van der Waals surface area contributed by atoms with Crippen molar-refractivity contribution in [3.63, 3.8) is 0 Å². The maximum absolute atomic E-state index is 12.4. The van der Waals surface area contributed by atoms with Gasteiger partial charge in [0.05, 0.1) is 5.92 Å². The number of carbonyl (C=O) groups excluding carboxylic acids is 2. The molecule has 1 aromatic rings. The van der Waals surface area contributed by atoms with Crippen LogP contribution in [0.1, 0.15) is 42.6 Å². The topological polar surface area (TPSA) is 34.1 Å². The number of thioether (sulfide) groups is 1. The van der Waals surface area contributed by atoms with E-state index in [2.05, 4.69) is 0 Å². The van der Waals surface area contributed by atoms with Crippen LogP contribution in [0.25, 0.3) is 0 Å². The minimum Gasteiger partial charge on any atom is -0.289 e. The molecular weight excluding hydrogens is 268 g/mol. The fourth-order valence-corrected chi connectivity index (χ4v) is 2.40. The number of hydrogen-bond donors (Lipinski definition) is 0. The third-order valence-corrected chi connectivity index (χ3v) is 3.88. The molecule has 0 aromatic heterocycles. The van der Waals surface area contributed by atoms with Crippen molar-refractivity contribution in [2.24, 2.45) is 0 Å². The molecule has 20 heavy (non-hydrogen) atoms. The van der Waals surface area contributed by atoms with Gasteiger partial charge in [0.2, 0.25) is 0 Å². The zero-order valence-corrected chi connectivity index (χ0v) is 13.2. The zero-order chi connectivity index (χ0) is 15.1. The van der Waals surface area contributed by atoms with Gasteiger partial charge in [-0.3, -0.25) is 9.59 Å². The van der Waals surface area contributed by atoms with Gasteiger partial charge in [0.25, 0.3) is 0 Å². The van der Waals surface area contributed by atoms with Crippen molar-refractivity contribution in [3.05, 3.63) is 59.2 Å². The van der Waals surface area contributed by atoms with Crippen LogP contribution in [0.4, 0.5) is 0 Å². The van der Waals surface area contributed by atoms with Crippen molar-refractivity contribution in [3.8, 4) is 0 Å². The number of Topliss-reactive ketones (excluding diaryl/α,β-unsaturated/α-hetero) is 1. The number of hydrogen-bond acceptors (Lipinski definition) is 3. The molecule has 1 atom stereocenters. The monoisotopic (exact) mass is 288 g/mol. The molecular formula is C17H20O2S. The second-order valence-corrected chi connectivity index (χ2v) is 5.25. The predicted molar refractivity (Wildman–Crippen MR) is 86.3 cm³/mol. The van der Waals surface area contributed by atoms with E-state index in [0.717, 1.165) is 5.56 Å². The highest BCUT2D eigenvalue weighted by Crippen LogP contribution is 2.22. The largest absolute Gasteiger partial charge is 0.289 e. The molecule has 0 saturated heterocycles. The van der Waals surface area contributed by atoms with Crippen LogP contribution < -0.4 is 0 Å². The minimum atomic E-state index is -0.200. The molecule has 0 aliphatic carbocycles. The maximum atomic E-state index is 12.4. The molecule has 106 valence electrons. The fourth-order valence-electron chi connectivity index (χ4n) is 1.91. The smallest absolute Gasteiger partial charge is 0.195 e. The molecule has 0 bridgehead atoms. The quantitative estimate of drug-likeness (QED) is 0.458. The molecule has 0 aliphatic heterocycles. The summed E-state index contributed by atoms with van der Waals surface area (Å²) in [7, 11) is 0. The molecule has 2 nitrogen and oxygen atoms in total. The zero-order valence-electron chi connectivity index (χ0n) is 12.3. The molecule has 0 spiro atoms. The lowest BCUT2D eigenvalue weighted by atomic mass is 9.96. The molecule has 0 amide bonds. The Bertz CT molecular complexity index is 556. The van der Waals surface area contributed by atoms with Crippen molar-refractivity contribution in [2.45, 2.75) is 26.7 Å². The second kappa shape index (κ2) is 7.85. The van der Waals surface area contributed by atoms with Crippen molar-refractivity contribution in [1.29, 1.82) is 0 Å². The Morgan fingerprint density at radius 1 is 1.25 bits per heavy atom. The van der Waals surface area contributed by atoms with Crippen molar-refractivity contribution >= 4 is 22.7 Å². The van der Waals surface area contributed by atoms with Crippen LogP contribution in [0.2, 0.25) is 0 Å². The van der Waals surface area contributed by atoms with E-state index in [1.54, 1.807) is 24.5 Å². The van der Waals surface area contributed by atoms with E-state index in [9.17, 15) is 9.59 Å². The second-order valence-electron chi connectivity index (χ2n) is 4.44. The van der Waals surface area contributed by atoms with E-state index in [1.165, 1.54) is 11.8 Å². The summed E-state index contributed by atoms with van der Waals surface area (Å²) in [6.45, 7) is 5.59. The van der Waals surface area contributed by atoms with E-state index >= 15 is 0 Å². The van der Waals surface area contributed by atoms with Gasteiger partial charge in [-0.1, -0.05) is 55.1 Å². The van der Waals surface area contributed by atoms with E-state index in [4.69, 9.17) is 0 Å². The van der Waals surface area contributed by atoms with Crippen LogP contribution in [0.15, 0.2) is 48.1 Å². The Kier molecular flexibility index (Phi) is 6.46. The lowest BCUT2D eigenvalue weighted by molar-refractivity contribution is -0.111. The average Bonchev–Trinajstić information content (AvgIpc) is 2.50. The molecule has 1 aromatic carbocycles. The molecule has 3 heteroatoms. The Balaban J connectivity index is 3.10. The highest BCUT2D eigenvalue weighted by Gasteiger charge is 2.16. The lowest BCUT2D eigenvalue weighted by Gasteiger charge is -2.10. The van der Waals surface area contributed by atoms with E-state index in [-0.39, 0.29) is 16.8 Å². The van der Waals surface area contributed by atoms with Crippen molar-refractivity contribution < 1.29 is 9.59 Å². The number of rotatable bonds is 5. The van der Waals surface area contributed by atoms with Gasteiger partial charge in [-0.05, 0) is 31.7 Å². The highest BCUT2D eigenvalue weighted by molar-refractivity contribution is 8.13. The Morgan fingerprint density at radius 2 is 1.95 bits per heavy atom. The lowest BCUT2D eigenvalue weighted by Crippen LogP contribution is -2.07. The van der Waals surface area contributed by atoms with Crippen molar-refractivity contribution in [1.82, 2.24) is 0 Å². The highest BCUT2D eigenvalue weighted by atomic mass is 32.2. The molecule has 1 unspecified atom stereocenters. The predicted octanol–water partition coefficient (Wildman–Crippen LogP) is 4.38. The Hall–Kier alpha value is -1.61. The van der Waals surface area contributed by atoms with E-state index < -0.39 is 0 Å². The van der Waals surface area contributed by atoms with Gasteiger partial charge in [-0.2, -0.15) is 0 Å².